The van der Waals surface area contributed by atoms with E-state index in [1.54, 1.807) is 23.2 Å². The van der Waals surface area contributed by atoms with Crippen molar-refractivity contribution in [1.82, 2.24) is 10.2 Å². The number of carbonyl (C=O) groups excluding carboxylic acids is 1. The van der Waals surface area contributed by atoms with Crippen LogP contribution in [0.1, 0.15) is 37.4 Å². The summed E-state index contributed by atoms with van der Waals surface area (Å²) in [6.45, 7) is 11.5. The van der Waals surface area contributed by atoms with Crippen LogP contribution in [0, 0.1) is 6.92 Å². The van der Waals surface area contributed by atoms with E-state index in [0.29, 0.717) is 13.1 Å². The molecule has 1 amide bonds. The zero-order valence-electron chi connectivity index (χ0n) is 14.2. The van der Waals surface area contributed by atoms with Gasteiger partial charge in [0.05, 0.1) is 6.10 Å². The Bertz CT molecular complexity index is 466. The standard InChI is InChI=1S/C16H28N2O3S/c1-12(19)11-18(15(20)21-16(3,4)5)9-8-17-10-14-7-6-13(2)22-14/h6-7,12,17,19H,8-11H2,1-5H3. The molecule has 0 radical (unpaired) electrons. The molecule has 1 aromatic rings. The van der Waals surface area contributed by atoms with Crippen LogP contribution in [0.3, 0.4) is 0 Å². The van der Waals surface area contributed by atoms with Crippen molar-refractivity contribution in [2.45, 2.75) is 52.9 Å². The van der Waals surface area contributed by atoms with Crippen molar-refractivity contribution in [3.05, 3.63) is 21.9 Å². The van der Waals surface area contributed by atoms with Gasteiger partial charge in [0.1, 0.15) is 5.60 Å². The van der Waals surface area contributed by atoms with Gasteiger partial charge in [-0.1, -0.05) is 0 Å². The van der Waals surface area contributed by atoms with E-state index in [-0.39, 0.29) is 12.6 Å². The number of thiophene rings is 1. The number of rotatable bonds is 7. The van der Waals surface area contributed by atoms with Crippen LogP contribution in [0.15, 0.2) is 12.1 Å². The Morgan fingerprint density at radius 3 is 2.64 bits per heavy atom. The zero-order chi connectivity index (χ0) is 16.8. The molecule has 0 aliphatic heterocycles. The molecule has 5 nitrogen and oxygen atoms in total. The summed E-state index contributed by atoms with van der Waals surface area (Å²) < 4.78 is 5.37. The van der Waals surface area contributed by atoms with E-state index in [4.69, 9.17) is 4.74 Å². The average molecular weight is 328 g/mol. The minimum atomic E-state index is -0.576. The lowest BCUT2D eigenvalue weighted by Gasteiger charge is -2.28. The van der Waals surface area contributed by atoms with E-state index in [1.807, 2.05) is 20.8 Å². The number of aliphatic hydroxyl groups is 1. The van der Waals surface area contributed by atoms with Crippen LogP contribution >= 0.6 is 11.3 Å². The first-order valence-electron chi connectivity index (χ1n) is 7.59. The first-order chi connectivity index (χ1) is 10.2. The first kappa shape index (κ1) is 18.9. The quantitative estimate of drug-likeness (QED) is 0.756. The maximum Gasteiger partial charge on any atom is 0.410 e. The molecule has 0 saturated heterocycles. The molecule has 22 heavy (non-hydrogen) atoms. The lowest BCUT2D eigenvalue weighted by atomic mass is 10.2. The molecule has 1 aromatic heterocycles. The first-order valence-corrected chi connectivity index (χ1v) is 8.41. The van der Waals surface area contributed by atoms with E-state index in [9.17, 15) is 9.90 Å². The van der Waals surface area contributed by atoms with Crippen LogP contribution in [0.4, 0.5) is 4.79 Å². The van der Waals surface area contributed by atoms with Crippen molar-refractivity contribution in [3.63, 3.8) is 0 Å². The number of aliphatic hydroxyl groups excluding tert-OH is 1. The predicted molar refractivity (Wildman–Crippen MR) is 90.3 cm³/mol. The highest BCUT2D eigenvalue weighted by Gasteiger charge is 2.22. The summed E-state index contributed by atoms with van der Waals surface area (Å²) in [6.07, 6.45) is -0.963. The molecule has 126 valence electrons. The van der Waals surface area contributed by atoms with Crippen molar-refractivity contribution < 1.29 is 14.6 Å². The summed E-state index contributed by atoms with van der Waals surface area (Å²) in [6, 6.07) is 4.20. The van der Waals surface area contributed by atoms with E-state index >= 15 is 0 Å². The molecule has 2 N–H and O–H groups in total. The second-order valence-electron chi connectivity index (χ2n) is 6.46. The molecule has 1 heterocycles. The minimum absolute atomic E-state index is 0.273. The second kappa shape index (κ2) is 8.50. The number of hydrogen-bond acceptors (Lipinski definition) is 5. The largest absolute Gasteiger partial charge is 0.444 e. The Kier molecular flexibility index (Phi) is 7.32. The highest BCUT2D eigenvalue weighted by atomic mass is 32.1. The van der Waals surface area contributed by atoms with E-state index in [0.717, 1.165) is 6.54 Å². The van der Waals surface area contributed by atoms with Crippen molar-refractivity contribution >= 4 is 17.4 Å². The number of hydrogen-bond donors (Lipinski definition) is 2. The van der Waals surface area contributed by atoms with Crippen LogP contribution < -0.4 is 5.32 Å². The number of ether oxygens (including phenoxy) is 1. The number of aryl methyl sites for hydroxylation is 1. The smallest absolute Gasteiger partial charge is 0.410 e. The molecule has 0 saturated carbocycles. The molecule has 0 bridgehead atoms. The Hall–Kier alpha value is -1.11. The Balaban J connectivity index is 2.42. The molecule has 1 unspecified atom stereocenters. The monoisotopic (exact) mass is 328 g/mol. The van der Waals surface area contributed by atoms with Gasteiger partial charge in [0, 0.05) is 35.9 Å². The molecule has 1 atom stereocenters. The van der Waals surface area contributed by atoms with Crippen LogP contribution in [0.2, 0.25) is 0 Å². The Morgan fingerprint density at radius 2 is 2.14 bits per heavy atom. The number of nitrogens with one attached hydrogen (secondary N) is 1. The molecular formula is C16H28N2O3S. The summed E-state index contributed by atoms with van der Waals surface area (Å²) >= 11 is 1.76. The Labute approximate surface area is 137 Å². The van der Waals surface area contributed by atoms with Crippen LogP contribution in [0.5, 0.6) is 0 Å². The lowest BCUT2D eigenvalue weighted by molar-refractivity contribution is 0.0164. The summed E-state index contributed by atoms with van der Waals surface area (Å²) in [4.78, 5) is 16.2. The van der Waals surface area contributed by atoms with Crippen LogP contribution in [-0.2, 0) is 11.3 Å². The van der Waals surface area contributed by atoms with Crippen LogP contribution in [-0.4, -0.2) is 47.4 Å². The van der Waals surface area contributed by atoms with Crippen molar-refractivity contribution in [2.24, 2.45) is 0 Å². The third kappa shape index (κ3) is 7.77. The molecule has 0 aliphatic carbocycles. The van der Waals surface area contributed by atoms with Crippen molar-refractivity contribution in [3.8, 4) is 0 Å². The lowest BCUT2D eigenvalue weighted by Crippen LogP contribution is -2.43. The van der Waals surface area contributed by atoms with Crippen LogP contribution in [0.25, 0.3) is 0 Å². The van der Waals surface area contributed by atoms with Gasteiger partial charge >= 0.3 is 6.09 Å². The summed E-state index contributed by atoms with van der Waals surface area (Å²) in [5.41, 5.74) is -0.532. The van der Waals surface area contributed by atoms with Gasteiger partial charge in [0.2, 0.25) is 0 Å². The molecule has 1 rings (SSSR count). The molecule has 0 fully saturated rings. The predicted octanol–water partition coefficient (Wildman–Crippen LogP) is 2.76. The number of amides is 1. The summed E-state index contributed by atoms with van der Waals surface area (Å²) in [7, 11) is 0. The third-order valence-corrected chi connectivity index (χ3v) is 3.79. The normalized spacial score (nSPS) is 13.0. The highest BCUT2D eigenvalue weighted by molar-refractivity contribution is 7.11. The molecular weight excluding hydrogens is 300 g/mol. The second-order valence-corrected chi connectivity index (χ2v) is 7.84. The SMILES string of the molecule is Cc1ccc(CNCCN(CC(C)O)C(=O)OC(C)(C)C)s1. The maximum atomic E-state index is 12.1. The average Bonchev–Trinajstić information content (AvgIpc) is 2.76. The van der Waals surface area contributed by atoms with Gasteiger partial charge in [0.25, 0.3) is 0 Å². The summed E-state index contributed by atoms with van der Waals surface area (Å²) in [5.74, 6) is 0. The van der Waals surface area contributed by atoms with Gasteiger partial charge in [-0.3, -0.25) is 0 Å². The minimum Gasteiger partial charge on any atom is -0.444 e. The fourth-order valence-electron chi connectivity index (χ4n) is 1.91. The van der Waals surface area contributed by atoms with Gasteiger partial charge in [0.15, 0.2) is 0 Å². The van der Waals surface area contributed by atoms with E-state index in [1.165, 1.54) is 9.75 Å². The van der Waals surface area contributed by atoms with Crippen molar-refractivity contribution in [2.75, 3.05) is 19.6 Å². The maximum absolute atomic E-state index is 12.1. The number of carbonyl (C=O) groups is 1. The summed E-state index contributed by atoms with van der Waals surface area (Å²) in [5, 5.41) is 12.9. The number of nitrogens with zero attached hydrogens (tertiary/aromatic N) is 1. The van der Waals surface area contributed by atoms with Gasteiger partial charge in [-0.05, 0) is 46.8 Å². The van der Waals surface area contributed by atoms with Gasteiger partial charge < -0.3 is 20.1 Å². The zero-order valence-corrected chi connectivity index (χ0v) is 15.0. The molecule has 6 heteroatoms. The van der Waals surface area contributed by atoms with Gasteiger partial charge in [-0.15, -0.1) is 11.3 Å². The Morgan fingerprint density at radius 1 is 1.45 bits per heavy atom. The topological polar surface area (TPSA) is 61.8 Å². The molecule has 0 aliphatic rings. The van der Waals surface area contributed by atoms with Crippen molar-refractivity contribution in [1.29, 1.82) is 0 Å². The van der Waals surface area contributed by atoms with Gasteiger partial charge in [-0.2, -0.15) is 0 Å². The molecule has 0 aromatic carbocycles. The highest BCUT2D eigenvalue weighted by Crippen LogP contribution is 2.14. The fourth-order valence-corrected chi connectivity index (χ4v) is 2.77. The third-order valence-electron chi connectivity index (χ3n) is 2.79. The van der Waals surface area contributed by atoms with Gasteiger partial charge in [-0.25, -0.2) is 4.79 Å². The fraction of sp³-hybridized carbons (Fsp3) is 0.688. The van der Waals surface area contributed by atoms with E-state index < -0.39 is 11.7 Å². The molecule has 0 spiro atoms. The van der Waals surface area contributed by atoms with E-state index in [2.05, 4.69) is 24.4 Å².